The number of pyridine rings is 1. The van der Waals surface area contributed by atoms with Crippen LogP contribution in [-0.2, 0) is 5.60 Å². The van der Waals surface area contributed by atoms with Crippen LogP contribution in [0.15, 0.2) is 55.0 Å². The molecule has 1 aliphatic heterocycles. The third-order valence-corrected chi connectivity index (χ3v) is 5.83. The molecule has 8 heteroatoms. The highest BCUT2D eigenvalue weighted by Crippen LogP contribution is 2.31. The van der Waals surface area contributed by atoms with Gasteiger partial charge in [0.2, 0.25) is 5.88 Å². The van der Waals surface area contributed by atoms with Crippen molar-refractivity contribution in [3.05, 3.63) is 71.9 Å². The molecule has 33 heavy (non-hydrogen) atoms. The van der Waals surface area contributed by atoms with Crippen molar-refractivity contribution >= 4 is 5.91 Å². The van der Waals surface area contributed by atoms with E-state index in [-0.39, 0.29) is 18.1 Å². The number of rotatable bonds is 5. The summed E-state index contributed by atoms with van der Waals surface area (Å²) in [5.74, 6) is -0.0450. The number of benzene rings is 1. The fraction of sp³-hybridized carbons (Fsp3) is 0.360. The molecule has 0 saturated carbocycles. The normalized spacial score (nSPS) is 18.8. The molecule has 1 aliphatic rings. The first kappa shape index (κ1) is 22.8. The molecule has 1 amide bonds. The Hall–Kier alpha value is -3.39. The molecule has 7 nitrogen and oxygen atoms in total. The standard InChI is InChI=1S/C25H27FN4O3/c1-16-7-9-18(33-23-21(25(2,3)32)6-4-11-29-23)15-30(16)24(31)19-10-8-17(26)14-20(19)22-27-12-5-13-28-22/h4-6,8,10-14,16,18,32H,7,9,15H2,1-3H3/t16-,18-/m1/s1. The average Bonchev–Trinajstić information content (AvgIpc) is 2.80. The van der Waals surface area contributed by atoms with Gasteiger partial charge in [-0.1, -0.05) is 0 Å². The molecule has 3 aromatic rings. The van der Waals surface area contributed by atoms with Crippen LogP contribution in [0, 0.1) is 5.82 Å². The minimum absolute atomic E-state index is 0.0237. The number of aliphatic hydroxyl groups is 1. The van der Waals surface area contributed by atoms with E-state index in [0.717, 1.165) is 12.8 Å². The Balaban J connectivity index is 1.60. The topological polar surface area (TPSA) is 88.4 Å². The Morgan fingerprint density at radius 3 is 2.58 bits per heavy atom. The van der Waals surface area contributed by atoms with E-state index < -0.39 is 11.4 Å². The van der Waals surface area contributed by atoms with Gasteiger partial charge in [-0.2, -0.15) is 0 Å². The summed E-state index contributed by atoms with van der Waals surface area (Å²) in [6, 6.07) is 9.21. The van der Waals surface area contributed by atoms with Crippen LogP contribution in [-0.4, -0.2) is 49.6 Å². The summed E-state index contributed by atoms with van der Waals surface area (Å²) >= 11 is 0. The highest BCUT2D eigenvalue weighted by molar-refractivity contribution is 6.00. The molecule has 1 fully saturated rings. The molecule has 3 heterocycles. The SMILES string of the molecule is C[C@@H]1CC[C@@H](Oc2ncccc2C(C)(C)O)CN1C(=O)c1ccc(F)cc1-c1ncccn1. The van der Waals surface area contributed by atoms with Crippen LogP contribution in [0.3, 0.4) is 0 Å². The number of likely N-dealkylation sites (tertiary alicyclic amines) is 1. The number of hydrogen-bond acceptors (Lipinski definition) is 6. The molecule has 0 bridgehead atoms. The maximum Gasteiger partial charge on any atom is 0.254 e. The lowest BCUT2D eigenvalue weighted by atomic mass is 9.97. The highest BCUT2D eigenvalue weighted by atomic mass is 19.1. The van der Waals surface area contributed by atoms with Gasteiger partial charge in [-0.05, 0) is 70.0 Å². The fourth-order valence-electron chi connectivity index (χ4n) is 4.04. The summed E-state index contributed by atoms with van der Waals surface area (Å²) in [7, 11) is 0. The molecule has 0 unspecified atom stereocenters. The number of carbonyl (C=O) groups excluding carboxylic acids is 1. The number of ether oxygens (including phenoxy) is 1. The third kappa shape index (κ3) is 5.01. The highest BCUT2D eigenvalue weighted by Gasteiger charge is 2.33. The third-order valence-electron chi connectivity index (χ3n) is 5.83. The van der Waals surface area contributed by atoms with Crippen molar-refractivity contribution in [3.8, 4) is 17.3 Å². The Kier molecular flexibility index (Phi) is 6.37. The van der Waals surface area contributed by atoms with Crippen LogP contribution in [0.1, 0.15) is 49.5 Å². The molecule has 0 radical (unpaired) electrons. The van der Waals surface area contributed by atoms with Crippen LogP contribution in [0.4, 0.5) is 4.39 Å². The lowest BCUT2D eigenvalue weighted by Gasteiger charge is -2.38. The lowest BCUT2D eigenvalue weighted by molar-refractivity contribution is 0.0326. The van der Waals surface area contributed by atoms with Crippen LogP contribution >= 0.6 is 0 Å². The van der Waals surface area contributed by atoms with Crippen molar-refractivity contribution in [3.63, 3.8) is 0 Å². The molecule has 2 aromatic heterocycles. The molecular formula is C25H27FN4O3. The van der Waals surface area contributed by atoms with Gasteiger partial charge in [0.15, 0.2) is 5.82 Å². The molecule has 2 atom stereocenters. The van der Waals surface area contributed by atoms with Gasteiger partial charge in [0.25, 0.3) is 5.91 Å². The monoisotopic (exact) mass is 450 g/mol. The summed E-state index contributed by atoms with van der Waals surface area (Å²) in [4.78, 5) is 28.0. The minimum Gasteiger partial charge on any atom is -0.472 e. The van der Waals surface area contributed by atoms with Crippen LogP contribution < -0.4 is 4.74 Å². The van der Waals surface area contributed by atoms with Crippen molar-refractivity contribution in [2.45, 2.75) is 51.4 Å². The first-order valence-electron chi connectivity index (χ1n) is 11.0. The smallest absolute Gasteiger partial charge is 0.254 e. The number of nitrogens with zero attached hydrogens (tertiary/aromatic N) is 4. The van der Waals surface area contributed by atoms with E-state index in [2.05, 4.69) is 15.0 Å². The Morgan fingerprint density at radius 1 is 1.12 bits per heavy atom. The van der Waals surface area contributed by atoms with E-state index in [4.69, 9.17) is 4.74 Å². The Bertz CT molecular complexity index is 1130. The number of carbonyl (C=O) groups is 1. The molecule has 1 saturated heterocycles. The van der Waals surface area contributed by atoms with Gasteiger partial charge >= 0.3 is 0 Å². The van der Waals surface area contributed by atoms with E-state index >= 15 is 0 Å². The molecule has 172 valence electrons. The maximum absolute atomic E-state index is 14.0. The number of hydrogen-bond donors (Lipinski definition) is 1. The second kappa shape index (κ2) is 9.23. The largest absolute Gasteiger partial charge is 0.472 e. The first-order chi connectivity index (χ1) is 15.7. The van der Waals surface area contributed by atoms with Gasteiger partial charge in [0, 0.05) is 35.8 Å². The molecule has 0 spiro atoms. The maximum atomic E-state index is 14.0. The van der Waals surface area contributed by atoms with Crippen molar-refractivity contribution in [1.29, 1.82) is 0 Å². The van der Waals surface area contributed by atoms with Gasteiger partial charge in [0.05, 0.1) is 17.7 Å². The first-order valence-corrected chi connectivity index (χ1v) is 11.0. The summed E-state index contributed by atoms with van der Waals surface area (Å²) in [5, 5.41) is 10.5. The quantitative estimate of drug-likeness (QED) is 0.633. The molecule has 1 N–H and O–H groups in total. The summed E-state index contributed by atoms with van der Waals surface area (Å²) < 4.78 is 20.2. The Labute approximate surface area is 192 Å². The van der Waals surface area contributed by atoms with Crippen molar-refractivity contribution in [1.82, 2.24) is 19.9 Å². The van der Waals surface area contributed by atoms with Crippen molar-refractivity contribution in [2.75, 3.05) is 6.54 Å². The second-order valence-electron chi connectivity index (χ2n) is 8.80. The zero-order valence-electron chi connectivity index (χ0n) is 18.9. The summed E-state index contributed by atoms with van der Waals surface area (Å²) in [6.45, 7) is 5.68. The zero-order chi connectivity index (χ0) is 23.6. The number of halogens is 1. The molecule has 1 aromatic carbocycles. The lowest BCUT2D eigenvalue weighted by Crippen LogP contribution is -2.49. The van der Waals surface area contributed by atoms with Crippen LogP contribution in [0.2, 0.25) is 0 Å². The van der Waals surface area contributed by atoms with E-state index in [1.807, 2.05) is 6.92 Å². The fourth-order valence-corrected chi connectivity index (χ4v) is 4.04. The van der Waals surface area contributed by atoms with Crippen LogP contribution in [0.5, 0.6) is 5.88 Å². The minimum atomic E-state index is -1.11. The molecule has 4 rings (SSSR count). The average molecular weight is 451 g/mol. The van der Waals surface area contributed by atoms with E-state index in [1.54, 1.807) is 55.5 Å². The number of amides is 1. The van der Waals surface area contributed by atoms with E-state index in [0.29, 0.717) is 34.9 Å². The van der Waals surface area contributed by atoms with Crippen molar-refractivity contribution in [2.24, 2.45) is 0 Å². The van der Waals surface area contributed by atoms with Crippen molar-refractivity contribution < 1.29 is 19.0 Å². The number of piperidine rings is 1. The Morgan fingerprint density at radius 2 is 1.85 bits per heavy atom. The summed E-state index contributed by atoms with van der Waals surface area (Å²) in [6.07, 6.45) is 5.91. The summed E-state index contributed by atoms with van der Waals surface area (Å²) in [5.41, 5.74) is 0.165. The van der Waals surface area contributed by atoms with E-state index in [1.165, 1.54) is 18.2 Å². The predicted octanol–water partition coefficient (Wildman–Crippen LogP) is 3.98. The van der Waals surface area contributed by atoms with Gasteiger partial charge in [-0.3, -0.25) is 4.79 Å². The van der Waals surface area contributed by atoms with Gasteiger partial charge in [-0.15, -0.1) is 0 Å². The second-order valence-corrected chi connectivity index (χ2v) is 8.80. The number of aromatic nitrogens is 3. The zero-order valence-corrected chi connectivity index (χ0v) is 18.9. The van der Waals surface area contributed by atoms with Gasteiger partial charge in [-0.25, -0.2) is 19.3 Å². The van der Waals surface area contributed by atoms with Gasteiger partial charge in [0.1, 0.15) is 11.9 Å². The van der Waals surface area contributed by atoms with Gasteiger partial charge < -0.3 is 14.7 Å². The molecular weight excluding hydrogens is 423 g/mol. The van der Waals surface area contributed by atoms with Crippen LogP contribution in [0.25, 0.3) is 11.4 Å². The molecule has 0 aliphatic carbocycles. The van der Waals surface area contributed by atoms with E-state index in [9.17, 15) is 14.3 Å². The predicted molar refractivity (Wildman–Crippen MR) is 121 cm³/mol.